The summed E-state index contributed by atoms with van der Waals surface area (Å²) in [6, 6.07) is 5.64. The number of amides is 1. The highest BCUT2D eigenvalue weighted by Gasteiger charge is 2.24. The number of halogens is 1. The second kappa shape index (κ2) is 8.70. The number of carbonyl (C=O) groups excluding carboxylic acids is 1. The number of aromatic amines is 2. The number of rotatable bonds is 7. The number of hydrogen-bond donors (Lipinski definition) is 3. The molecule has 0 bridgehead atoms. The maximum atomic E-state index is 12.2. The third-order valence-corrected chi connectivity index (χ3v) is 5.03. The van der Waals surface area contributed by atoms with E-state index in [-0.39, 0.29) is 18.3 Å². The van der Waals surface area contributed by atoms with Gasteiger partial charge in [0.05, 0.1) is 32.3 Å². The number of H-pyrrole nitrogens is 2. The predicted octanol–water partition coefficient (Wildman–Crippen LogP) is 2.99. The quantitative estimate of drug-likeness (QED) is 0.498. The Bertz CT molecular complexity index is 1070. The fourth-order valence-corrected chi connectivity index (χ4v) is 3.60. The molecule has 0 aliphatic heterocycles. The van der Waals surface area contributed by atoms with Crippen molar-refractivity contribution in [1.82, 2.24) is 20.3 Å². The van der Waals surface area contributed by atoms with E-state index in [1.807, 2.05) is 0 Å². The van der Waals surface area contributed by atoms with E-state index in [0.29, 0.717) is 44.2 Å². The Labute approximate surface area is 175 Å². The van der Waals surface area contributed by atoms with Crippen LogP contribution in [0.1, 0.15) is 22.0 Å². The van der Waals surface area contributed by atoms with Crippen molar-refractivity contribution in [2.75, 3.05) is 21.3 Å². The molecule has 3 aromatic rings. The molecule has 3 N–H and O–H groups in total. The van der Waals surface area contributed by atoms with Gasteiger partial charge in [-0.3, -0.25) is 4.79 Å². The van der Waals surface area contributed by atoms with Crippen LogP contribution >= 0.6 is 15.9 Å². The second-order valence-electron chi connectivity index (χ2n) is 5.78. The lowest BCUT2D eigenvalue weighted by Crippen LogP contribution is -2.24. The van der Waals surface area contributed by atoms with Crippen molar-refractivity contribution in [3.63, 3.8) is 0 Å². The molecule has 0 atom stereocenters. The van der Waals surface area contributed by atoms with E-state index in [2.05, 4.69) is 42.3 Å². The summed E-state index contributed by atoms with van der Waals surface area (Å²) in [6.45, 7) is 0.132. The number of aromatic nitrogens is 3. The molecule has 0 unspecified atom stereocenters. The molecule has 29 heavy (non-hydrogen) atoms. The molecular weight excluding hydrogens is 442 g/mol. The fraction of sp³-hybridized carbons (Fsp3) is 0.211. The highest BCUT2D eigenvalue weighted by atomic mass is 79.9. The first kappa shape index (κ1) is 20.3. The summed E-state index contributed by atoms with van der Waals surface area (Å²) in [5.74, 6) is 1.19. The molecule has 1 amide bonds. The molecule has 9 nitrogen and oxygen atoms in total. The topological polar surface area (TPSA) is 125 Å². The molecule has 0 saturated carbocycles. The highest BCUT2D eigenvalue weighted by Crippen LogP contribution is 2.47. The normalized spacial score (nSPS) is 10.3. The number of methoxy groups -OCH3 is 3. The monoisotopic (exact) mass is 459 g/mol. The molecule has 1 aromatic carbocycles. The molecule has 2 aromatic heterocycles. The second-order valence-corrected chi connectivity index (χ2v) is 6.57. The molecule has 0 saturated heterocycles. The first-order valence-corrected chi connectivity index (χ1v) is 9.22. The largest absolute Gasteiger partial charge is 0.493 e. The number of nitriles is 1. The van der Waals surface area contributed by atoms with Gasteiger partial charge in [0.25, 0.3) is 5.91 Å². The van der Waals surface area contributed by atoms with E-state index in [1.54, 1.807) is 18.3 Å². The number of nitrogens with one attached hydrogen (secondary N) is 3. The van der Waals surface area contributed by atoms with Crippen LogP contribution in [0.25, 0.3) is 11.1 Å². The minimum absolute atomic E-state index is 0.132. The first-order chi connectivity index (χ1) is 14.0. The van der Waals surface area contributed by atoms with Gasteiger partial charge in [-0.25, -0.2) is 4.98 Å². The van der Waals surface area contributed by atoms with Crippen LogP contribution < -0.4 is 19.5 Å². The zero-order valence-corrected chi connectivity index (χ0v) is 17.5. The SMILES string of the molecule is COc1ccc(-c2c(CNC(=O)c3ncc[nH]3)[nH]c(C#N)c2Br)c(OC)c1OC. The Morgan fingerprint density at radius 3 is 2.59 bits per heavy atom. The number of nitrogens with zero attached hydrogens (tertiary/aromatic N) is 2. The van der Waals surface area contributed by atoms with Crippen molar-refractivity contribution in [2.24, 2.45) is 0 Å². The number of ether oxygens (including phenoxy) is 3. The van der Waals surface area contributed by atoms with E-state index < -0.39 is 0 Å². The number of imidazole rings is 1. The lowest BCUT2D eigenvalue weighted by Gasteiger charge is -2.16. The Hall–Kier alpha value is -3.45. The Balaban J connectivity index is 2.07. The van der Waals surface area contributed by atoms with Gasteiger partial charge in [0.2, 0.25) is 5.75 Å². The molecule has 0 fully saturated rings. The van der Waals surface area contributed by atoms with Crippen LogP contribution in [0.2, 0.25) is 0 Å². The average Bonchev–Trinajstić information content (AvgIpc) is 3.38. The third-order valence-electron chi connectivity index (χ3n) is 4.24. The van der Waals surface area contributed by atoms with Gasteiger partial charge < -0.3 is 29.5 Å². The molecule has 0 aliphatic rings. The summed E-state index contributed by atoms with van der Waals surface area (Å²) in [7, 11) is 4.57. The smallest absolute Gasteiger partial charge is 0.287 e. The van der Waals surface area contributed by atoms with Crippen LogP contribution in [0, 0.1) is 11.3 Å². The standard InChI is InChI=1S/C19H18BrN5O4/c1-27-13-5-4-10(16(28-2)17(13)29-3)14-12(25-11(8-21)15(14)20)9-24-19(26)18-22-6-7-23-18/h4-7,25H,9H2,1-3H3,(H,22,23)(H,24,26). The van der Waals surface area contributed by atoms with Gasteiger partial charge >= 0.3 is 0 Å². The summed E-state index contributed by atoms with van der Waals surface area (Å²) in [5.41, 5.74) is 2.26. The first-order valence-electron chi connectivity index (χ1n) is 8.43. The van der Waals surface area contributed by atoms with Gasteiger partial charge in [0, 0.05) is 29.2 Å². The van der Waals surface area contributed by atoms with Gasteiger partial charge in [-0.2, -0.15) is 5.26 Å². The van der Waals surface area contributed by atoms with Crippen molar-refractivity contribution in [3.8, 4) is 34.4 Å². The average molecular weight is 460 g/mol. The minimum Gasteiger partial charge on any atom is -0.493 e. The van der Waals surface area contributed by atoms with Crippen LogP contribution in [0.3, 0.4) is 0 Å². The van der Waals surface area contributed by atoms with Crippen LogP contribution in [-0.2, 0) is 6.54 Å². The van der Waals surface area contributed by atoms with Crippen molar-refractivity contribution in [3.05, 3.63) is 46.2 Å². The molecule has 0 aliphatic carbocycles. The number of benzene rings is 1. The zero-order valence-electron chi connectivity index (χ0n) is 15.9. The van der Waals surface area contributed by atoms with Gasteiger partial charge in [0.15, 0.2) is 17.3 Å². The maximum Gasteiger partial charge on any atom is 0.287 e. The lowest BCUT2D eigenvalue weighted by molar-refractivity contribution is 0.0941. The Morgan fingerprint density at radius 2 is 2.00 bits per heavy atom. The highest BCUT2D eigenvalue weighted by molar-refractivity contribution is 9.10. The number of hydrogen-bond acceptors (Lipinski definition) is 6. The summed E-state index contributed by atoms with van der Waals surface area (Å²) in [6.07, 6.45) is 3.06. The van der Waals surface area contributed by atoms with E-state index >= 15 is 0 Å². The maximum absolute atomic E-state index is 12.2. The Kier molecular flexibility index (Phi) is 6.09. The summed E-state index contributed by atoms with van der Waals surface area (Å²) in [5, 5.41) is 12.2. The van der Waals surface area contributed by atoms with Gasteiger partial charge in [-0.05, 0) is 28.1 Å². The van der Waals surface area contributed by atoms with Crippen LogP contribution in [-0.4, -0.2) is 42.2 Å². The third kappa shape index (κ3) is 3.77. The van der Waals surface area contributed by atoms with E-state index in [9.17, 15) is 10.1 Å². The van der Waals surface area contributed by atoms with Crippen molar-refractivity contribution >= 4 is 21.8 Å². The molecular formula is C19H18BrN5O4. The minimum atomic E-state index is -0.371. The zero-order chi connectivity index (χ0) is 21.0. The van der Waals surface area contributed by atoms with Crippen LogP contribution in [0.4, 0.5) is 0 Å². The van der Waals surface area contributed by atoms with Crippen molar-refractivity contribution in [2.45, 2.75) is 6.54 Å². The van der Waals surface area contributed by atoms with E-state index in [4.69, 9.17) is 14.2 Å². The fourth-order valence-electron chi connectivity index (χ4n) is 2.96. The Morgan fingerprint density at radius 1 is 1.24 bits per heavy atom. The van der Waals surface area contributed by atoms with Crippen molar-refractivity contribution in [1.29, 1.82) is 5.26 Å². The molecule has 10 heteroatoms. The molecule has 0 radical (unpaired) electrons. The summed E-state index contributed by atoms with van der Waals surface area (Å²) < 4.78 is 16.9. The van der Waals surface area contributed by atoms with E-state index in [1.165, 1.54) is 27.5 Å². The van der Waals surface area contributed by atoms with Gasteiger partial charge in [-0.1, -0.05) is 0 Å². The van der Waals surface area contributed by atoms with Crippen LogP contribution in [0.15, 0.2) is 29.0 Å². The molecule has 150 valence electrons. The van der Waals surface area contributed by atoms with Gasteiger partial charge in [0.1, 0.15) is 11.8 Å². The lowest BCUT2D eigenvalue weighted by atomic mass is 10.0. The molecule has 2 heterocycles. The van der Waals surface area contributed by atoms with E-state index in [0.717, 1.165) is 0 Å². The van der Waals surface area contributed by atoms with Gasteiger partial charge in [-0.15, -0.1) is 0 Å². The molecule has 0 spiro atoms. The van der Waals surface area contributed by atoms with Crippen molar-refractivity contribution < 1.29 is 19.0 Å². The molecule has 3 rings (SSSR count). The predicted molar refractivity (Wildman–Crippen MR) is 108 cm³/mol. The number of carbonyl (C=O) groups is 1. The summed E-state index contributed by atoms with van der Waals surface area (Å²) in [4.78, 5) is 21.9. The van der Waals surface area contributed by atoms with Crippen LogP contribution in [0.5, 0.6) is 17.2 Å². The summed E-state index contributed by atoms with van der Waals surface area (Å²) >= 11 is 3.48.